The van der Waals surface area contributed by atoms with Gasteiger partial charge < -0.3 is 9.84 Å². The van der Waals surface area contributed by atoms with Gasteiger partial charge in [0, 0.05) is 11.4 Å². The second-order valence-electron chi connectivity index (χ2n) is 4.63. The van der Waals surface area contributed by atoms with E-state index in [1.165, 1.54) is 0 Å². The highest BCUT2D eigenvalue weighted by Crippen LogP contribution is 2.25. The fourth-order valence-corrected chi connectivity index (χ4v) is 1.92. The first-order chi connectivity index (χ1) is 8.66. The molecule has 18 heavy (non-hydrogen) atoms. The smallest absolute Gasteiger partial charge is 0.139 e. The SMILES string of the molecule is CC(C)NC(O)COc1cccc2ccccc12. The number of ether oxygens (including phenoxy) is 1. The summed E-state index contributed by atoms with van der Waals surface area (Å²) in [5.74, 6) is 0.803. The van der Waals surface area contributed by atoms with E-state index in [1.807, 2.05) is 56.3 Å². The molecule has 1 atom stereocenters. The molecule has 0 fully saturated rings. The largest absolute Gasteiger partial charge is 0.489 e. The molecule has 1 unspecified atom stereocenters. The lowest BCUT2D eigenvalue weighted by molar-refractivity contribution is 0.0725. The van der Waals surface area contributed by atoms with Gasteiger partial charge >= 0.3 is 0 Å². The molecule has 0 heterocycles. The third-order valence-electron chi connectivity index (χ3n) is 2.67. The van der Waals surface area contributed by atoms with Crippen LogP contribution in [0.2, 0.25) is 0 Å². The predicted molar refractivity (Wildman–Crippen MR) is 73.7 cm³/mol. The van der Waals surface area contributed by atoms with E-state index in [0.29, 0.717) is 0 Å². The summed E-state index contributed by atoms with van der Waals surface area (Å²) in [5, 5.41) is 14.9. The molecular formula is C15H19NO2. The summed E-state index contributed by atoms with van der Waals surface area (Å²) in [7, 11) is 0. The maximum absolute atomic E-state index is 9.72. The average molecular weight is 245 g/mol. The Morgan fingerprint density at radius 1 is 1.11 bits per heavy atom. The average Bonchev–Trinajstić information content (AvgIpc) is 2.35. The van der Waals surface area contributed by atoms with Crippen molar-refractivity contribution in [2.45, 2.75) is 26.1 Å². The number of hydrogen-bond acceptors (Lipinski definition) is 3. The maximum atomic E-state index is 9.72. The van der Waals surface area contributed by atoms with Gasteiger partial charge in [-0.2, -0.15) is 0 Å². The van der Waals surface area contributed by atoms with Gasteiger partial charge in [-0.1, -0.05) is 36.4 Å². The van der Waals surface area contributed by atoms with Gasteiger partial charge in [0.25, 0.3) is 0 Å². The Morgan fingerprint density at radius 2 is 1.83 bits per heavy atom. The quantitative estimate of drug-likeness (QED) is 0.795. The van der Waals surface area contributed by atoms with Gasteiger partial charge in [0.1, 0.15) is 18.6 Å². The van der Waals surface area contributed by atoms with Crippen LogP contribution < -0.4 is 10.1 Å². The monoisotopic (exact) mass is 245 g/mol. The van der Waals surface area contributed by atoms with Crippen LogP contribution in [-0.4, -0.2) is 24.0 Å². The maximum Gasteiger partial charge on any atom is 0.139 e. The third-order valence-corrected chi connectivity index (χ3v) is 2.67. The molecule has 0 saturated carbocycles. The van der Waals surface area contributed by atoms with Crippen LogP contribution in [0.3, 0.4) is 0 Å². The van der Waals surface area contributed by atoms with Crippen molar-refractivity contribution in [3.63, 3.8) is 0 Å². The molecule has 2 N–H and O–H groups in total. The first kappa shape index (κ1) is 12.9. The summed E-state index contributed by atoms with van der Waals surface area (Å²) < 4.78 is 5.67. The van der Waals surface area contributed by atoms with E-state index >= 15 is 0 Å². The fraction of sp³-hybridized carbons (Fsp3) is 0.333. The van der Waals surface area contributed by atoms with Crippen LogP contribution >= 0.6 is 0 Å². The Balaban J connectivity index is 2.08. The minimum absolute atomic E-state index is 0.233. The van der Waals surface area contributed by atoms with Gasteiger partial charge in [0.15, 0.2) is 0 Å². The van der Waals surface area contributed by atoms with Gasteiger partial charge in [-0.05, 0) is 25.3 Å². The summed E-state index contributed by atoms with van der Waals surface area (Å²) in [6.07, 6.45) is -0.649. The predicted octanol–water partition coefficient (Wildman–Crippen LogP) is 2.54. The van der Waals surface area contributed by atoms with Crippen LogP contribution in [0.1, 0.15) is 13.8 Å². The molecule has 3 heteroatoms. The zero-order chi connectivity index (χ0) is 13.0. The van der Waals surface area contributed by atoms with Gasteiger partial charge in [0.05, 0.1) is 0 Å². The van der Waals surface area contributed by atoms with Crippen LogP contribution in [0, 0.1) is 0 Å². The second-order valence-corrected chi connectivity index (χ2v) is 4.63. The number of hydrogen-bond donors (Lipinski definition) is 2. The van der Waals surface area contributed by atoms with Crippen molar-refractivity contribution >= 4 is 10.8 Å². The lowest BCUT2D eigenvalue weighted by Gasteiger charge is -2.17. The van der Waals surface area contributed by atoms with Crippen LogP contribution in [0.4, 0.5) is 0 Å². The molecule has 0 aliphatic carbocycles. The molecule has 0 saturated heterocycles. The highest BCUT2D eigenvalue weighted by atomic mass is 16.5. The molecule has 0 aliphatic rings. The van der Waals surface area contributed by atoms with E-state index in [9.17, 15) is 5.11 Å². The van der Waals surface area contributed by atoms with Gasteiger partial charge in [-0.25, -0.2) is 0 Å². The highest BCUT2D eigenvalue weighted by molar-refractivity contribution is 5.88. The topological polar surface area (TPSA) is 41.5 Å². The van der Waals surface area contributed by atoms with Crippen molar-refractivity contribution in [2.24, 2.45) is 0 Å². The van der Waals surface area contributed by atoms with Crippen molar-refractivity contribution < 1.29 is 9.84 Å². The Morgan fingerprint density at radius 3 is 2.61 bits per heavy atom. The summed E-state index contributed by atoms with van der Waals surface area (Å²) in [4.78, 5) is 0. The summed E-state index contributed by atoms with van der Waals surface area (Å²) in [5.41, 5.74) is 0. The highest BCUT2D eigenvalue weighted by Gasteiger charge is 2.07. The minimum atomic E-state index is -0.649. The Labute approximate surface area is 107 Å². The summed E-state index contributed by atoms with van der Waals surface area (Å²) >= 11 is 0. The fourth-order valence-electron chi connectivity index (χ4n) is 1.92. The standard InChI is InChI=1S/C15H19NO2/c1-11(2)16-15(17)10-18-14-9-5-7-12-6-3-4-8-13(12)14/h3-9,11,15-17H,10H2,1-2H3. The number of fused-ring (bicyclic) bond motifs is 1. The zero-order valence-electron chi connectivity index (χ0n) is 10.8. The van der Waals surface area contributed by atoms with Crippen molar-refractivity contribution in [2.75, 3.05) is 6.61 Å². The summed E-state index contributed by atoms with van der Waals surface area (Å²) in [6.45, 7) is 4.22. The van der Waals surface area contributed by atoms with E-state index in [1.54, 1.807) is 0 Å². The van der Waals surface area contributed by atoms with Crippen LogP contribution in [0.25, 0.3) is 10.8 Å². The molecule has 0 amide bonds. The third kappa shape index (κ3) is 3.22. The molecule has 0 radical (unpaired) electrons. The number of aliphatic hydroxyl groups excluding tert-OH is 1. The van der Waals surface area contributed by atoms with E-state index < -0.39 is 6.23 Å². The van der Waals surface area contributed by atoms with Crippen molar-refractivity contribution in [3.8, 4) is 5.75 Å². The number of nitrogens with one attached hydrogen (secondary N) is 1. The lowest BCUT2D eigenvalue weighted by Crippen LogP contribution is -2.38. The minimum Gasteiger partial charge on any atom is -0.489 e. The van der Waals surface area contributed by atoms with E-state index in [2.05, 4.69) is 5.32 Å². The zero-order valence-corrected chi connectivity index (χ0v) is 10.8. The van der Waals surface area contributed by atoms with E-state index in [4.69, 9.17) is 4.74 Å². The lowest BCUT2D eigenvalue weighted by atomic mass is 10.1. The molecule has 96 valence electrons. The Kier molecular flexibility index (Phi) is 4.18. The summed E-state index contributed by atoms with van der Waals surface area (Å²) in [6, 6.07) is 14.2. The molecule has 2 rings (SSSR count). The number of benzene rings is 2. The van der Waals surface area contributed by atoms with Crippen molar-refractivity contribution in [3.05, 3.63) is 42.5 Å². The van der Waals surface area contributed by atoms with E-state index in [-0.39, 0.29) is 12.6 Å². The first-order valence-corrected chi connectivity index (χ1v) is 6.21. The van der Waals surface area contributed by atoms with Crippen LogP contribution in [-0.2, 0) is 0 Å². The second kappa shape index (κ2) is 5.85. The molecule has 2 aromatic rings. The van der Waals surface area contributed by atoms with Gasteiger partial charge in [-0.15, -0.1) is 0 Å². The molecular weight excluding hydrogens is 226 g/mol. The molecule has 3 nitrogen and oxygen atoms in total. The Bertz CT molecular complexity index is 505. The van der Waals surface area contributed by atoms with E-state index in [0.717, 1.165) is 16.5 Å². The molecule has 0 aliphatic heterocycles. The molecule has 0 spiro atoms. The molecule has 0 aromatic heterocycles. The molecule has 0 bridgehead atoms. The van der Waals surface area contributed by atoms with Gasteiger partial charge in [0.2, 0.25) is 0 Å². The first-order valence-electron chi connectivity index (χ1n) is 6.21. The van der Waals surface area contributed by atoms with Crippen molar-refractivity contribution in [1.82, 2.24) is 5.32 Å². The normalized spacial score (nSPS) is 12.9. The van der Waals surface area contributed by atoms with Crippen LogP contribution in [0.5, 0.6) is 5.75 Å². The Hall–Kier alpha value is -1.58. The van der Waals surface area contributed by atoms with Crippen molar-refractivity contribution in [1.29, 1.82) is 0 Å². The molecule has 2 aromatic carbocycles. The number of aliphatic hydroxyl groups is 1. The van der Waals surface area contributed by atoms with Gasteiger partial charge in [-0.3, -0.25) is 5.32 Å². The van der Waals surface area contributed by atoms with Crippen LogP contribution in [0.15, 0.2) is 42.5 Å². The number of rotatable bonds is 5.